The zero-order chi connectivity index (χ0) is 8.81. The molecule has 1 rings (SSSR count). The Morgan fingerprint density at radius 3 is 2.58 bits per heavy atom. The molecular formula is C9H7NiO2. The van der Waals surface area contributed by atoms with E-state index in [4.69, 9.17) is 0 Å². The van der Waals surface area contributed by atoms with E-state index in [0.29, 0.717) is 0 Å². The summed E-state index contributed by atoms with van der Waals surface area (Å²) < 4.78 is 4.46. The first-order valence-electron chi connectivity index (χ1n) is 3.33. The van der Waals surface area contributed by atoms with Crippen molar-refractivity contribution < 1.29 is 25.0 Å². The molecule has 0 fully saturated rings. The molecule has 0 aromatic heterocycles. The molecule has 0 unspecified atom stereocenters. The van der Waals surface area contributed by atoms with Crippen LogP contribution in [0.2, 0.25) is 0 Å². The van der Waals surface area contributed by atoms with Gasteiger partial charge < -0.3 is 0 Å². The molecule has 0 saturated carbocycles. The predicted molar refractivity (Wildman–Crippen MR) is 42.0 cm³/mol. The van der Waals surface area contributed by atoms with Gasteiger partial charge in [0, 0.05) is 0 Å². The van der Waals surface area contributed by atoms with Crippen LogP contribution in [0.5, 0.6) is 0 Å². The molecule has 0 amide bonds. The van der Waals surface area contributed by atoms with E-state index in [1.807, 2.05) is 30.3 Å². The van der Waals surface area contributed by atoms with Crippen LogP contribution in [0.25, 0.3) is 6.08 Å². The van der Waals surface area contributed by atoms with Gasteiger partial charge in [0.05, 0.1) is 0 Å². The van der Waals surface area contributed by atoms with Crippen LogP contribution in [-0.4, -0.2) is 4.94 Å². The van der Waals surface area contributed by atoms with Gasteiger partial charge in [-0.1, -0.05) is 0 Å². The van der Waals surface area contributed by atoms with Gasteiger partial charge in [-0.2, -0.15) is 0 Å². The van der Waals surface area contributed by atoms with E-state index in [2.05, 4.69) is 20.2 Å². The molecule has 0 spiro atoms. The molecule has 65 valence electrons. The summed E-state index contributed by atoms with van der Waals surface area (Å²) in [6.45, 7) is 0. The van der Waals surface area contributed by atoms with E-state index in [1.165, 1.54) is 6.26 Å². The molecule has 0 aliphatic carbocycles. The van der Waals surface area contributed by atoms with Crippen LogP contribution in [0.3, 0.4) is 0 Å². The summed E-state index contributed by atoms with van der Waals surface area (Å²) in [6.07, 6.45) is 2.97. The number of carbonyl (C=O) groups excluding carboxylic acids is 1. The van der Waals surface area contributed by atoms with Gasteiger partial charge in [-0.05, 0) is 0 Å². The molecule has 0 heterocycles. The molecule has 1 aromatic rings. The van der Waals surface area contributed by atoms with E-state index in [0.717, 1.165) is 5.56 Å². The van der Waals surface area contributed by atoms with Crippen LogP contribution in [0.15, 0.2) is 36.6 Å². The molecule has 0 atom stereocenters. The van der Waals surface area contributed by atoms with Crippen molar-refractivity contribution in [2.45, 2.75) is 0 Å². The van der Waals surface area contributed by atoms with Gasteiger partial charge in [0.1, 0.15) is 0 Å². The normalized spacial score (nSPS) is 10.2. The van der Waals surface area contributed by atoms with E-state index < -0.39 is 4.94 Å². The Bertz CT molecular complexity index is 280. The van der Waals surface area contributed by atoms with Crippen LogP contribution in [0, 0.1) is 0 Å². The molecule has 0 saturated heterocycles. The Labute approximate surface area is 78.6 Å². The summed E-state index contributed by atoms with van der Waals surface area (Å²) in [5.74, 6) is 0. The summed E-state index contributed by atoms with van der Waals surface area (Å²) in [6, 6.07) is 9.52. The zero-order valence-electron chi connectivity index (χ0n) is 6.17. The second-order valence-corrected chi connectivity index (χ2v) is 2.45. The molecule has 1 aromatic carbocycles. The second-order valence-electron chi connectivity index (χ2n) is 2.04. The monoisotopic (exact) mass is 205 g/mol. The van der Waals surface area contributed by atoms with Crippen molar-refractivity contribution in [1.29, 1.82) is 0 Å². The van der Waals surface area contributed by atoms with Crippen molar-refractivity contribution in [1.82, 2.24) is 0 Å². The third kappa shape index (κ3) is 3.35. The minimum absolute atomic E-state index is 0.679. The SMILES string of the molecule is O=[C]([Ni])OC=Cc1ccccc1. The number of ether oxygens (including phenoxy) is 1. The maximum absolute atomic E-state index is 10.2. The number of carbonyl (C=O) groups is 1. The van der Waals surface area contributed by atoms with Crippen molar-refractivity contribution in [3.05, 3.63) is 42.2 Å². The number of hydrogen-bond acceptors (Lipinski definition) is 2. The summed E-state index contributed by atoms with van der Waals surface area (Å²) in [7, 11) is 0. The van der Waals surface area contributed by atoms with Gasteiger partial charge in [0.2, 0.25) is 0 Å². The first kappa shape index (κ1) is 9.02. The first-order chi connectivity index (χ1) is 5.79. The molecule has 2 nitrogen and oxygen atoms in total. The molecule has 0 aliphatic heterocycles. The van der Waals surface area contributed by atoms with Crippen molar-refractivity contribution >= 4 is 11.0 Å². The average Bonchev–Trinajstić information content (AvgIpc) is 2.05. The number of benzene rings is 1. The Kier molecular flexibility index (Phi) is 3.55. The molecule has 0 radical (unpaired) electrons. The quantitative estimate of drug-likeness (QED) is 0.548. The van der Waals surface area contributed by atoms with Crippen LogP contribution >= 0.6 is 0 Å². The summed E-state index contributed by atoms with van der Waals surface area (Å²) >= 11 is 3.90. The van der Waals surface area contributed by atoms with Crippen LogP contribution in [0.4, 0.5) is 4.79 Å². The maximum atomic E-state index is 10.2. The molecule has 3 heteroatoms. The van der Waals surface area contributed by atoms with Gasteiger partial charge >= 0.3 is 78.2 Å². The van der Waals surface area contributed by atoms with Crippen LogP contribution in [0.1, 0.15) is 5.56 Å². The topological polar surface area (TPSA) is 26.3 Å². The van der Waals surface area contributed by atoms with E-state index in [-0.39, 0.29) is 0 Å². The van der Waals surface area contributed by atoms with E-state index >= 15 is 0 Å². The van der Waals surface area contributed by atoms with E-state index in [9.17, 15) is 4.79 Å². The molecular weight excluding hydrogens is 199 g/mol. The standard InChI is InChI=1S/C9H7O2.Ni/c10-8-11-7-6-9-4-2-1-3-5-9;/h1-7H;. The fourth-order valence-corrected chi connectivity index (χ4v) is 0.793. The summed E-state index contributed by atoms with van der Waals surface area (Å²) in [5.41, 5.74) is 0.971. The summed E-state index contributed by atoms with van der Waals surface area (Å²) in [5, 5.41) is 0. The Morgan fingerprint density at radius 2 is 2.00 bits per heavy atom. The van der Waals surface area contributed by atoms with Gasteiger partial charge in [0.15, 0.2) is 0 Å². The van der Waals surface area contributed by atoms with Crippen LogP contribution in [-0.2, 0) is 20.2 Å². The van der Waals surface area contributed by atoms with Crippen molar-refractivity contribution in [3.63, 3.8) is 0 Å². The van der Waals surface area contributed by atoms with Crippen molar-refractivity contribution in [2.24, 2.45) is 0 Å². The number of hydrogen-bond donors (Lipinski definition) is 0. The minimum atomic E-state index is -0.679. The molecule has 0 aliphatic rings. The Morgan fingerprint density at radius 1 is 1.33 bits per heavy atom. The first-order valence-corrected chi connectivity index (χ1v) is 3.83. The molecule has 0 N–H and O–H groups in total. The third-order valence-electron chi connectivity index (χ3n) is 1.21. The van der Waals surface area contributed by atoms with Gasteiger partial charge in [-0.3, -0.25) is 0 Å². The fraction of sp³-hybridized carbons (Fsp3) is 0. The predicted octanol–water partition coefficient (Wildman–Crippen LogP) is 2.34. The second kappa shape index (κ2) is 4.73. The van der Waals surface area contributed by atoms with Crippen molar-refractivity contribution in [3.8, 4) is 0 Å². The van der Waals surface area contributed by atoms with Gasteiger partial charge in [-0.15, -0.1) is 0 Å². The van der Waals surface area contributed by atoms with Crippen LogP contribution < -0.4 is 0 Å². The Balaban J connectivity index is 2.52. The van der Waals surface area contributed by atoms with E-state index in [1.54, 1.807) is 6.08 Å². The number of rotatable bonds is 2. The zero-order valence-corrected chi connectivity index (χ0v) is 7.16. The van der Waals surface area contributed by atoms with Gasteiger partial charge in [0.25, 0.3) is 0 Å². The average molecular weight is 206 g/mol. The third-order valence-corrected chi connectivity index (χ3v) is 1.33. The molecule has 0 bridgehead atoms. The fourth-order valence-electron chi connectivity index (χ4n) is 0.726. The van der Waals surface area contributed by atoms with Crippen molar-refractivity contribution in [2.75, 3.05) is 0 Å². The molecule has 12 heavy (non-hydrogen) atoms. The Hall–Kier alpha value is -1.08. The summed E-state index contributed by atoms with van der Waals surface area (Å²) in [4.78, 5) is 9.52. The van der Waals surface area contributed by atoms with Gasteiger partial charge in [-0.25, -0.2) is 0 Å².